The molecule has 0 unspecified atom stereocenters. The highest BCUT2D eigenvalue weighted by molar-refractivity contribution is 7.10. The second kappa shape index (κ2) is 5.19. The fourth-order valence-corrected chi connectivity index (χ4v) is 2.55. The Bertz CT molecular complexity index is 437. The molecule has 1 N–H and O–H groups in total. The van der Waals surface area contributed by atoms with Gasteiger partial charge in [-0.25, -0.2) is 0 Å². The minimum atomic E-state index is -0.520. The third-order valence-electron chi connectivity index (χ3n) is 2.53. The first kappa shape index (κ1) is 12.6. The lowest BCUT2D eigenvalue weighted by Gasteiger charge is -2.22. The van der Waals surface area contributed by atoms with Gasteiger partial charge >= 0.3 is 0 Å². The van der Waals surface area contributed by atoms with Gasteiger partial charge in [-0.2, -0.15) is 9.64 Å². The van der Waals surface area contributed by atoms with Crippen molar-refractivity contribution in [3.05, 3.63) is 10.7 Å². The van der Waals surface area contributed by atoms with E-state index in [1.54, 1.807) is 0 Å². The summed E-state index contributed by atoms with van der Waals surface area (Å²) in [5, 5.41) is 13.0. The van der Waals surface area contributed by atoms with Gasteiger partial charge in [-0.3, -0.25) is 0 Å². The molecule has 2 rings (SSSR count). The molecule has 0 bridgehead atoms. The van der Waals surface area contributed by atoms with Crippen LogP contribution < -0.4 is 5.32 Å². The molecule has 0 aromatic carbocycles. The van der Waals surface area contributed by atoms with E-state index in [-0.39, 0.29) is 5.15 Å². The molecule has 1 aliphatic rings. The van der Waals surface area contributed by atoms with Gasteiger partial charge in [0.15, 0.2) is 10.9 Å². The normalized spacial score (nSPS) is 17.9. The van der Waals surface area contributed by atoms with E-state index in [1.807, 2.05) is 13.0 Å². The molecule has 0 aliphatic carbocycles. The van der Waals surface area contributed by atoms with Crippen LogP contribution in [-0.4, -0.2) is 29.9 Å². The summed E-state index contributed by atoms with van der Waals surface area (Å²) in [6, 6.07) is 2.02. The molecule has 0 atom stereocenters. The van der Waals surface area contributed by atoms with E-state index in [9.17, 15) is 0 Å². The van der Waals surface area contributed by atoms with Crippen molar-refractivity contribution in [2.24, 2.45) is 0 Å². The summed E-state index contributed by atoms with van der Waals surface area (Å²) in [6.45, 7) is 3.81. The van der Waals surface area contributed by atoms with Crippen LogP contribution in [0.1, 0.15) is 18.9 Å². The molecule has 5 nitrogen and oxygen atoms in total. The largest absolute Gasteiger partial charge is 0.374 e. The predicted molar refractivity (Wildman–Crippen MR) is 65.3 cm³/mol. The molecular weight excluding hydrogens is 262 g/mol. The number of hydrogen-bond donors (Lipinski definition) is 1. The van der Waals surface area contributed by atoms with E-state index < -0.39 is 5.79 Å². The van der Waals surface area contributed by atoms with E-state index in [0.717, 1.165) is 0 Å². The third kappa shape index (κ3) is 2.87. The number of anilines is 1. The van der Waals surface area contributed by atoms with Crippen LogP contribution >= 0.6 is 23.1 Å². The summed E-state index contributed by atoms with van der Waals surface area (Å²) in [5.41, 5.74) is 0.398. The first-order chi connectivity index (χ1) is 8.14. The number of rotatable bonds is 4. The Morgan fingerprint density at radius 1 is 1.59 bits per heavy atom. The highest BCUT2D eigenvalue weighted by Gasteiger charge is 2.30. The minimum absolute atomic E-state index is 0.250. The van der Waals surface area contributed by atoms with Crippen LogP contribution in [0.2, 0.25) is 5.15 Å². The maximum absolute atomic E-state index is 8.89. The van der Waals surface area contributed by atoms with Gasteiger partial charge in [-0.15, -0.1) is 0 Å². The minimum Gasteiger partial charge on any atom is -0.374 e. The van der Waals surface area contributed by atoms with Gasteiger partial charge in [0.1, 0.15) is 16.6 Å². The molecule has 1 fully saturated rings. The number of halogens is 1. The molecule has 0 spiro atoms. The second-order valence-corrected chi connectivity index (χ2v) is 4.93. The Labute approximate surface area is 108 Å². The molecule has 1 aromatic rings. The van der Waals surface area contributed by atoms with Crippen molar-refractivity contribution in [2.45, 2.75) is 19.1 Å². The molecule has 0 amide bonds. The Balaban J connectivity index is 1.88. The van der Waals surface area contributed by atoms with Crippen LogP contribution in [0.3, 0.4) is 0 Å². The van der Waals surface area contributed by atoms with Crippen molar-refractivity contribution >= 4 is 28.1 Å². The maximum atomic E-state index is 8.89. The zero-order valence-corrected chi connectivity index (χ0v) is 10.9. The number of aromatic nitrogens is 1. The zero-order valence-electron chi connectivity index (χ0n) is 9.33. The molecule has 7 heteroatoms. The third-order valence-corrected chi connectivity index (χ3v) is 3.70. The van der Waals surface area contributed by atoms with Crippen molar-refractivity contribution in [2.75, 3.05) is 25.1 Å². The number of nitrogens with one attached hydrogen (secondary N) is 1. The van der Waals surface area contributed by atoms with Crippen LogP contribution in [0.5, 0.6) is 0 Å². The summed E-state index contributed by atoms with van der Waals surface area (Å²) in [7, 11) is 0. The van der Waals surface area contributed by atoms with Gasteiger partial charge in [-0.05, 0) is 18.5 Å². The summed E-state index contributed by atoms with van der Waals surface area (Å²) < 4.78 is 14.9. The lowest BCUT2D eigenvalue weighted by Crippen LogP contribution is -2.28. The number of hydrogen-bond acceptors (Lipinski definition) is 6. The molecule has 92 valence electrons. The van der Waals surface area contributed by atoms with Gasteiger partial charge in [0.05, 0.1) is 13.2 Å². The zero-order chi connectivity index (χ0) is 12.3. The van der Waals surface area contributed by atoms with Crippen LogP contribution in [0.15, 0.2) is 0 Å². The van der Waals surface area contributed by atoms with E-state index in [2.05, 4.69) is 9.69 Å². The van der Waals surface area contributed by atoms with Gasteiger partial charge < -0.3 is 14.8 Å². The number of nitriles is 1. The van der Waals surface area contributed by atoms with E-state index in [1.165, 1.54) is 11.5 Å². The number of ether oxygens (including phenoxy) is 2. The standard InChI is InChI=1S/C10H12ClN3O2S/c1-10(15-4-5-16-10)2-3-13-9-7(6-12)8(11)14-17-9/h13H,2-5H2,1H3. The Hall–Kier alpha value is -0.870. The predicted octanol–water partition coefficient (Wildman–Crippen LogP) is 2.23. The van der Waals surface area contributed by atoms with Crippen molar-refractivity contribution in [3.8, 4) is 6.07 Å². The van der Waals surface area contributed by atoms with E-state index >= 15 is 0 Å². The first-order valence-corrected chi connectivity index (χ1v) is 6.37. The van der Waals surface area contributed by atoms with Gasteiger partial charge in [-0.1, -0.05) is 11.6 Å². The van der Waals surface area contributed by atoms with Gasteiger partial charge in [0.2, 0.25) is 0 Å². The smallest absolute Gasteiger partial charge is 0.167 e. The molecular formula is C10H12ClN3O2S. The molecule has 1 aromatic heterocycles. The molecule has 1 aliphatic heterocycles. The topological polar surface area (TPSA) is 67.2 Å². The summed E-state index contributed by atoms with van der Waals surface area (Å²) >= 11 is 6.95. The summed E-state index contributed by atoms with van der Waals surface area (Å²) in [6.07, 6.45) is 0.702. The summed E-state index contributed by atoms with van der Waals surface area (Å²) in [4.78, 5) is 0. The lowest BCUT2D eigenvalue weighted by molar-refractivity contribution is -0.144. The van der Waals surface area contributed by atoms with Crippen molar-refractivity contribution in [3.63, 3.8) is 0 Å². The molecule has 1 saturated heterocycles. The molecule has 0 radical (unpaired) electrons. The molecule has 0 saturated carbocycles. The highest BCUT2D eigenvalue weighted by Crippen LogP contribution is 2.28. The average molecular weight is 274 g/mol. The second-order valence-electron chi connectivity index (χ2n) is 3.80. The fraction of sp³-hybridized carbons (Fsp3) is 0.600. The summed E-state index contributed by atoms with van der Waals surface area (Å²) in [5.74, 6) is -0.520. The Kier molecular flexibility index (Phi) is 3.84. The highest BCUT2D eigenvalue weighted by atomic mass is 35.5. The van der Waals surface area contributed by atoms with E-state index in [0.29, 0.717) is 36.7 Å². The fourth-order valence-electron chi connectivity index (χ4n) is 1.59. The molecule has 2 heterocycles. The Morgan fingerprint density at radius 2 is 2.29 bits per heavy atom. The van der Waals surface area contributed by atoms with E-state index in [4.69, 9.17) is 26.3 Å². The maximum Gasteiger partial charge on any atom is 0.167 e. The first-order valence-electron chi connectivity index (χ1n) is 5.22. The van der Waals surface area contributed by atoms with Crippen LogP contribution in [-0.2, 0) is 9.47 Å². The van der Waals surface area contributed by atoms with Crippen molar-refractivity contribution in [1.29, 1.82) is 5.26 Å². The van der Waals surface area contributed by atoms with Crippen molar-refractivity contribution in [1.82, 2.24) is 4.37 Å². The van der Waals surface area contributed by atoms with Crippen molar-refractivity contribution < 1.29 is 9.47 Å². The molecule has 17 heavy (non-hydrogen) atoms. The monoisotopic (exact) mass is 273 g/mol. The number of nitrogens with zero attached hydrogens (tertiary/aromatic N) is 2. The van der Waals surface area contributed by atoms with Crippen LogP contribution in [0.25, 0.3) is 0 Å². The quantitative estimate of drug-likeness (QED) is 0.911. The van der Waals surface area contributed by atoms with Gasteiger partial charge in [0, 0.05) is 13.0 Å². The Morgan fingerprint density at radius 3 is 2.94 bits per heavy atom. The lowest BCUT2D eigenvalue weighted by atomic mass is 10.2. The van der Waals surface area contributed by atoms with Crippen LogP contribution in [0, 0.1) is 11.3 Å². The van der Waals surface area contributed by atoms with Gasteiger partial charge in [0.25, 0.3) is 0 Å². The average Bonchev–Trinajstić information content (AvgIpc) is 2.86. The van der Waals surface area contributed by atoms with Crippen LogP contribution in [0.4, 0.5) is 5.00 Å². The SMILES string of the molecule is CC1(CCNc2snc(Cl)c2C#N)OCCO1.